The van der Waals surface area contributed by atoms with Crippen LogP contribution >= 0.6 is 0 Å². The minimum absolute atomic E-state index is 0.120. The molecule has 0 radical (unpaired) electrons. The second kappa shape index (κ2) is 5.94. The second-order valence-electron chi connectivity index (χ2n) is 5.47. The Morgan fingerprint density at radius 1 is 1.16 bits per heavy atom. The average Bonchev–Trinajstić information content (AvgIpc) is 3.12. The lowest BCUT2D eigenvalue weighted by Crippen LogP contribution is -2.18. The number of ketones is 1. The van der Waals surface area contributed by atoms with Crippen LogP contribution in [0.15, 0.2) is 52.0 Å². The molecule has 25 heavy (non-hydrogen) atoms. The number of benzene rings is 2. The van der Waals surface area contributed by atoms with Gasteiger partial charge in [-0.15, -0.1) is 0 Å². The summed E-state index contributed by atoms with van der Waals surface area (Å²) < 4.78 is 23.8. The lowest BCUT2D eigenvalue weighted by molar-refractivity contribution is 0.0971. The zero-order chi connectivity index (χ0) is 17.4. The number of rotatable bonds is 3. The SMILES string of the molecule is COc1ccc(-c2noc(C3C=Nc4ccc(F)cc4C3=O)n2)cc1. The third-order valence-corrected chi connectivity index (χ3v) is 3.93. The molecule has 0 amide bonds. The van der Waals surface area contributed by atoms with Crippen molar-refractivity contribution >= 4 is 17.7 Å². The first kappa shape index (κ1) is 15.2. The second-order valence-corrected chi connectivity index (χ2v) is 5.47. The Morgan fingerprint density at radius 3 is 2.72 bits per heavy atom. The van der Waals surface area contributed by atoms with Gasteiger partial charge >= 0.3 is 0 Å². The van der Waals surface area contributed by atoms with Gasteiger partial charge in [0, 0.05) is 17.3 Å². The Labute approximate surface area is 142 Å². The van der Waals surface area contributed by atoms with Crippen molar-refractivity contribution in [1.29, 1.82) is 0 Å². The van der Waals surface area contributed by atoms with Gasteiger partial charge in [0.2, 0.25) is 11.7 Å². The van der Waals surface area contributed by atoms with E-state index in [1.165, 1.54) is 24.4 Å². The van der Waals surface area contributed by atoms with E-state index in [0.29, 0.717) is 17.3 Å². The number of fused-ring (bicyclic) bond motifs is 1. The third-order valence-electron chi connectivity index (χ3n) is 3.93. The van der Waals surface area contributed by atoms with Crippen LogP contribution in [0.25, 0.3) is 11.4 Å². The van der Waals surface area contributed by atoms with Crippen LogP contribution in [0.5, 0.6) is 5.75 Å². The van der Waals surface area contributed by atoms with Crippen LogP contribution in [0, 0.1) is 5.82 Å². The van der Waals surface area contributed by atoms with Crippen molar-refractivity contribution in [3.05, 3.63) is 59.7 Å². The summed E-state index contributed by atoms with van der Waals surface area (Å²) in [5.41, 5.74) is 1.36. The van der Waals surface area contributed by atoms with Crippen molar-refractivity contribution in [1.82, 2.24) is 10.1 Å². The van der Waals surface area contributed by atoms with Crippen LogP contribution < -0.4 is 4.74 Å². The largest absolute Gasteiger partial charge is 0.497 e. The van der Waals surface area contributed by atoms with Gasteiger partial charge in [-0.2, -0.15) is 4.98 Å². The fourth-order valence-electron chi connectivity index (χ4n) is 2.60. The number of Topliss-reactive ketones (excluding diaryl/α,β-unsaturated/α-hetero) is 1. The minimum atomic E-state index is -0.825. The fourth-order valence-corrected chi connectivity index (χ4v) is 2.60. The van der Waals surface area contributed by atoms with Crippen LogP contribution in [-0.2, 0) is 0 Å². The Hall–Kier alpha value is -3.35. The normalized spacial score (nSPS) is 15.9. The van der Waals surface area contributed by atoms with Crippen molar-refractivity contribution in [2.45, 2.75) is 5.92 Å². The lowest BCUT2D eigenvalue weighted by Gasteiger charge is -2.14. The van der Waals surface area contributed by atoms with Crippen LogP contribution in [0.4, 0.5) is 10.1 Å². The molecule has 0 bridgehead atoms. The minimum Gasteiger partial charge on any atom is -0.497 e. The molecular formula is C18H12FN3O3. The summed E-state index contributed by atoms with van der Waals surface area (Å²) in [4.78, 5) is 21.1. The Bertz CT molecular complexity index is 979. The van der Waals surface area contributed by atoms with Crippen molar-refractivity contribution in [3.63, 3.8) is 0 Å². The molecule has 3 aromatic rings. The predicted molar refractivity (Wildman–Crippen MR) is 87.9 cm³/mol. The van der Waals surface area contributed by atoms with Crippen LogP contribution in [0.2, 0.25) is 0 Å². The highest BCUT2D eigenvalue weighted by atomic mass is 19.1. The van der Waals surface area contributed by atoms with E-state index in [0.717, 1.165) is 5.56 Å². The van der Waals surface area contributed by atoms with E-state index in [2.05, 4.69) is 15.1 Å². The topological polar surface area (TPSA) is 77.6 Å². The van der Waals surface area contributed by atoms with Crippen molar-refractivity contribution in [3.8, 4) is 17.1 Å². The molecular weight excluding hydrogens is 325 g/mol. The van der Waals surface area contributed by atoms with E-state index in [1.54, 1.807) is 31.4 Å². The third kappa shape index (κ3) is 2.69. The van der Waals surface area contributed by atoms with Crippen molar-refractivity contribution < 1.29 is 18.4 Å². The molecule has 0 spiro atoms. The molecule has 124 valence electrons. The lowest BCUT2D eigenvalue weighted by atomic mass is 9.94. The van der Waals surface area contributed by atoms with Crippen LogP contribution in [0.3, 0.4) is 0 Å². The molecule has 6 nitrogen and oxygen atoms in total. The van der Waals surface area contributed by atoms with Crippen molar-refractivity contribution in [2.75, 3.05) is 7.11 Å². The first-order valence-corrected chi connectivity index (χ1v) is 7.51. The van der Waals surface area contributed by atoms with Gasteiger partial charge in [-0.05, 0) is 42.5 Å². The molecule has 0 saturated carbocycles. The maximum absolute atomic E-state index is 13.4. The fraction of sp³-hybridized carbons (Fsp3) is 0.111. The molecule has 1 atom stereocenters. The average molecular weight is 337 g/mol. The van der Waals surface area contributed by atoms with Gasteiger partial charge < -0.3 is 9.26 Å². The van der Waals surface area contributed by atoms with Gasteiger partial charge in [0.1, 0.15) is 17.5 Å². The molecule has 2 aromatic carbocycles. The number of hydrogen-bond donors (Lipinski definition) is 0. The number of aliphatic imine (C=N–C) groups is 1. The quantitative estimate of drug-likeness (QED) is 0.730. The van der Waals surface area contributed by atoms with Gasteiger partial charge in [0.05, 0.1) is 12.8 Å². The Morgan fingerprint density at radius 2 is 1.96 bits per heavy atom. The molecule has 0 N–H and O–H groups in total. The summed E-state index contributed by atoms with van der Waals surface area (Å²) in [6, 6.07) is 11.0. The monoisotopic (exact) mass is 337 g/mol. The first-order valence-electron chi connectivity index (χ1n) is 7.51. The highest BCUT2D eigenvalue weighted by Crippen LogP contribution is 2.31. The maximum atomic E-state index is 13.4. The number of carbonyl (C=O) groups is 1. The van der Waals surface area contributed by atoms with Crippen LogP contribution in [0.1, 0.15) is 22.2 Å². The molecule has 1 aromatic heterocycles. The smallest absolute Gasteiger partial charge is 0.243 e. The number of aromatic nitrogens is 2. The zero-order valence-electron chi connectivity index (χ0n) is 13.1. The van der Waals surface area contributed by atoms with E-state index >= 15 is 0 Å². The first-order chi connectivity index (χ1) is 12.2. The van der Waals surface area contributed by atoms with E-state index < -0.39 is 11.7 Å². The van der Waals surface area contributed by atoms with Crippen molar-refractivity contribution in [2.24, 2.45) is 4.99 Å². The number of methoxy groups -OCH3 is 1. The van der Waals surface area contributed by atoms with Gasteiger partial charge in [0.25, 0.3) is 0 Å². The number of ether oxygens (including phenoxy) is 1. The standard InChI is InChI=1S/C18H12FN3O3/c1-24-12-5-2-10(3-6-12)17-21-18(25-22-17)14-9-20-15-7-4-11(19)8-13(15)16(14)23/h2-9,14H,1H3. The number of hydrogen-bond acceptors (Lipinski definition) is 6. The zero-order valence-corrected chi connectivity index (χ0v) is 13.1. The summed E-state index contributed by atoms with van der Waals surface area (Å²) in [6.07, 6.45) is 1.44. The van der Waals surface area contributed by atoms with Gasteiger partial charge in [0.15, 0.2) is 5.78 Å². The molecule has 1 unspecified atom stereocenters. The number of halogens is 1. The highest BCUT2D eigenvalue weighted by molar-refractivity contribution is 6.15. The summed E-state index contributed by atoms with van der Waals surface area (Å²) in [7, 11) is 1.58. The highest BCUT2D eigenvalue weighted by Gasteiger charge is 2.31. The maximum Gasteiger partial charge on any atom is 0.243 e. The Balaban J connectivity index is 1.65. The molecule has 7 heteroatoms. The summed E-state index contributed by atoms with van der Waals surface area (Å²) in [6.45, 7) is 0. The van der Waals surface area contributed by atoms with Gasteiger partial charge in [-0.1, -0.05) is 5.16 Å². The molecule has 4 rings (SSSR count). The van der Waals surface area contributed by atoms with E-state index in [-0.39, 0.29) is 17.2 Å². The number of nitrogens with zero attached hydrogens (tertiary/aromatic N) is 3. The van der Waals surface area contributed by atoms with Gasteiger partial charge in [-0.25, -0.2) is 4.39 Å². The Kier molecular flexibility index (Phi) is 3.61. The summed E-state index contributed by atoms with van der Waals surface area (Å²) in [5, 5.41) is 3.91. The predicted octanol–water partition coefficient (Wildman–Crippen LogP) is 3.57. The molecule has 0 fully saturated rings. The summed E-state index contributed by atoms with van der Waals surface area (Å²) >= 11 is 0. The van der Waals surface area contributed by atoms with E-state index in [4.69, 9.17) is 9.26 Å². The van der Waals surface area contributed by atoms with E-state index in [1.807, 2.05) is 0 Å². The van der Waals surface area contributed by atoms with Gasteiger partial charge in [-0.3, -0.25) is 9.79 Å². The molecule has 0 saturated heterocycles. The molecule has 2 heterocycles. The molecule has 1 aliphatic rings. The summed E-state index contributed by atoms with van der Waals surface area (Å²) in [5.74, 6) is -0.463. The van der Waals surface area contributed by atoms with E-state index in [9.17, 15) is 9.18 Å². The van der Waals surface area contributed by atoms with Crippen LogP contribution in [-0.4, -0.2) is 29.2 Å². The molecule has 0 aliphatic carbocycles. The number of carbonyl (C=O) groups excluding carboxylic acids is 1. The molecule has 1 aliphatic heterocycles.